The summed E-state index contributed by atoms with van der Waals surface area (Å²) in [5, 5.41) is 3.86. The zero-order valence-corrected chi connectivity index (χ0v) is 14.6. The molecule has 1 atom stereocenters. The molecule has 0 aromatic heterocycles. The molecule has 2 rings (SSSR count). The first-order valence-electron chi connectivity index (χ1n) is 7.43. The van der Waals surface area contributed by atoms with Crippen LogP contribution in [-0.4, -0.2) is 12.5 Å². The Bertz CT molecular complexity index is 671. The predicted octanol–water partition coefficient (Wildman–Crippen LogP) is 5.42. The molecule has 1 unspecified atom stereocenters. The molecule has 1 N–H and O–H groups in total. The molecule has 0 aliphatic carbocycles. The maximum absolute atomic E-state index is 10.9. The third-order valence-corrected chi connectivity index (χ3v) is 4.05. The molecular formula is C18H19Cl2NO2. The van der Waals surface area contributed by atoms with Gasteiger partial charge in [0.05, 0.1) is 5.02 Å². The van der Waals surface area contributed by atoms with Gasteiger partial charge in [-0.1, -0.05) is 42.3 Å². The Kier molecular flexibility index (Phi) is 6.31. The van der Waals surface area contributed by atoms with Crippen molar-refractivity contribution in [2.45, 2.75) is 26.2 Å². The lowest BCUT2D eigenvalue weighted by Gasteiger charge is -2.13. The molecule has 0 heterocycles. The van der Waals surface area contributed by atoms with Crippen molar-refractivity contribution in [2.75, 3.05) is 6.54 Å². The monoisotopic (exact) mass is 351 g/mol. The highest BCUT2D eigenvalue weighted by molar-refractivity contribution is 6.35. The SMILES string of the molecule is CC(=O)NCCC(C)c1ccc(Oc2ccc(Cl)cc2Cl)cc1. The summed E-state index contributed by atoms with van der Waals surface area (Å²) in [5.74, 6) is 1.64. The standard InChI is InChI=1S/C18H19Cl2NO2/c1-12(9-10-21-13(2)22)14-3-6-16(7-4-14)23-18-8-5-15(19)11-17(18)20/h3-8,11-12H,9-10H2,1-2H3,(H,21,22). The van der Waals surface area contributed by atoms with Crippen molar-refractivity contribution in [1.29, 1.82) is 0 Å². The van der Waals surface area contributed by atoms with Gasteiger partial charge in [0.25, 0.3) is 0 Å². The van der Waals surface area contributed by atoms with Crippen LogP contribution in [0.2, 0.25) is 10.0 Å². The highest BCUT2D eigenvalue weighted by atomic mass is 35.5. The minimum Gasteiger partial charge on any atom is -0.456 e. The van der Waals surface area contributed by atoms with Crippen LogP contribution in [-0.2, 0) is 4.79 Å². The maximum atomic E-state index is 10.9. The average molecular weight is 352 g/mol. The highest BCUT2D eigenvalue weighted by Gasteiger charge is 2.08. The van der Waals surface area contributed by atoms with Gasteiger partial charge in [-0.25, -0.2) is 0 Å². The van der Waals surface area contributed by atoms with Gasteiger partial charge in [-0.3, -0.25) is 4.79 Å². The molecule has 0 bridgehead atoms. The Morgan fingerprint density at radius 3 is 2.48 bits per heavy atom. The van der Waals surface area contributed by atoms with Gasteiger partial charge in [0.2, 0.25) is 5.91 Å². The van der Waals surface area contributed by atoms with Crippen LogP contribution in [0.15, 0.2) is 42.5 Å². The Morgan fingerprint density at radius 2 is 1.87 bits per heavy atom. The maximum Gasteiger partial charge on any atom is 0.216 e. The first-order valence-corrected chi connectivity index (χ1v) is 8.18. The van der Waals surface area contributed by atoms with E-state index in [0.29, 0.717) is 34.0 Å². The summed E-state index contributed by atoms with van der Waals surface area (Å²) in [7, 11) is 0. The van der Waals surface area contributed by atoms with Gasteiger partial charge in [-0.15, -0.1) is 0 Å². The molecule has 23 heavy (non-hydrogen) atoms. The largest absolute Gasteiger partial charge is 0.456 e. The summed E-state index contributed by atoms with van der Waals surface area (Å²) in [5.41, 5.74) is 1.20. The van der Waals surface area contributed by atoms with Gasteiger partial charge >= 0.3 is 0 Å². The Balaban J connectivity index is 1.97. The van der Waals surface area contributed by atoms with Crippen molar-refractivity contribution in [3.05, 3.63) is 58.1 Å². The van der Waals surface area contributed by atoms with E-state index in [0.717, 1.165) is 6.42 Å². The minimum absolute atomic E-state index is 0.000733. The molecule has 0 aliphatic heterocycles. The van der Waals surface area contributed by atoms with E-state index in [2.05, 4.69) is 12.2 Å². The van der Waals surface area contributed by atoms with Crippen molar-refractivity contribution < 1.29 is 9.53 Å². The van der Waals surface area contributed by atoms with Gasteiger partial charge in [-0.05, 0) is 48.2 Å². The number of benzene rings is 2. The van der Waals surface area contributed by atoms with Crippen molar-refractivity contribution >= 4 is 29.1 Å². The molecule has 0 saturated heterocycles. The molecule has 1 amide bonds. The lowest BCUT2D eigenvalue weighted by atomic mass is 9.98. The van der Waals surface area contributed by atoms with E-state index in [1.165, 1.54) is 12.5 Å². The van der Waals surface area contributed by atoms with Crippen LogP contribution < -0.4 is 10.1 Å². The summed E-state index contributed by atoms with van der Waals surface area (Å²) in [6, 6.07) is 13.0. The van der Waals surface area contributed by atoms with E-state index in [1.54, 1.807) is 18.2 Å². The number of rotatable bonds is 6. The second-order valence-corrected chi connectivity index (χ2v) is 6.26. The number of halogens is 2. The van der Waals surface area contributed by atoms with Crippen molar-refractivity contribution in [3.63, 3.8) is 0 Å². The zero-order valence-electron chi connectivity index (χ0n) is 13.1. The van der Waals surface area contributed by atoms with Crippen molar-refractivity contribution in [3.8, 4) is 11.5 Å². The van der Waals surface area contributed by atoms with E-state index in [-0.39, 0.29) is 5.91 Å². The van der Waals surface area contributed by atoms with Crippen LogP contribution in [0.25, 0.3) is 0 Å². The van der Waals surface area contributed by atoms with E-state index >= 15 is 0 Å². The molecule has 0 saturated carbocycles. The second kappa shape index (κ2) is 8.23. The lowest BCUT2D eigenvalue weighted by molar-refractivity contribution is -0.118. The number of ether oxygens (including phenoxy) is 1. The van der Waals surface area contributed by atoms with E-state index in [4.69, 9.17) is 27.9 Å². The van der Waals surface area contributed by atoms with Crippen LogP contribution in [0.1, 0.15) is 31.7 Å². The number of carbonyl (C=O) groups is 1. The first kappa shape index (κ1) is 17.6. The lowest BCUT2D eigenvalue weighted by Crippen LogP contribution is -2.22. The average Bonchev–Trinajstić information content (AvgIpc) is 2.50. The Labute approximate surface area is 146 Å². The molecule has 0 aliphatic rings. The summed E-state index contributed by atoms with van der Waals surface area (Å²) >= 11 is 12.0. The number of nitrogens with one attached hydrogen (secondary N) is 1. The predicted molar refractivity (Wildman–Crippen MR) is 94.7 cm³/mol. The fourth-order valence-electron chi connectivity index (χ4n) is 2.18. The van der Waals surface area contributed by atoms with Crippen LogP contribution in [0.4, 0.5) is 0 Å². The van der Waals surface area contributed by atoms with E-state index < -0.39 is 0 Å². The number of hydrogen-bond acceptors (Lipinski definition) is 2. The first-order chi connectivity index (χ1) is 11.0. The quantitative estimate of drug-likeness (QED) is 0.754. The molecule has 122 valence electrons. The third kappa shape index (κ3) is 5.45. The molecule has 5 heteroatoms. The van der Waals surface area contributed by atoms with Crippen molar-refractivity contribution in [1.82, 2.24) is 5.32 Å². The smallest absolute Gasteiger partial charge is 0.216 e. The van der Waals surface area contributed by atoms with Gasteiger partial charge < -0.3 is 10.1 Å². The van der Waals surface area contributed by atoms with Gasteiger partial charge in [0, 0.05) is 18.5 Å². The van der Waals surface area contributed by atoms with Crippen molar-refractivity contribution in [2.24, 2.45) is 0 Å². The fraction of sp³-hybridized carbons (Fsp3) is 0.278. The second-order valence-electron chi connectivity index (χ2n) is 5.42. The summed E-state index contributed by atoms with van der Waals surface area (Å²) in [4.78, 5) is 10.9. The van der Waals surface area contributed by atoms with E-state index in [1.807, 2.05) is 24.3 Å². The van der Waals surface area contributed by atoms with Gasteiger partial charge in [-0.2, -0.15) is 0 Å². The number of hydrogen-bond donors (Lipinski definition) is 1. The normalized spacial score (nSPS) is 11.8. The molecule has 0 radical (unpaired) electrons. The van der Waals surface area contributed by atoms with Crippen LogP contribution in [0, 0.1) is 0 Å². The number of amides is 1. The van der Waals surface area contributed by atoms with Crippen LogP contribution in [0.5, 0.6) is 11.5 Å². The van der Waals surface area contributed by atoms with E-state index in [9.17, 15) is 4.79 Å². The Hall–Kier alpha value is -1.71. The molecule has 3 nitrogen and oxygen atoms in total. The molecule has 0 fully saturated rings. The zero-order chi connectivity index (χ0) is 16.8. The van der Waals surface area contributed by atoms with Gasteiger partial charge in [0.15, 0.2) is 0 Å². The summed E-state index contributed by atoms with van der Waals surface area (Å²) in [6.07, 6.45) is 0.892. The Morgan fingerprint density at radius 1 is 1.17 bits per heavy atom. The summed E-state index contributed by atoms with van der Waals surface area (Å²) < 4.78 is 5.76. The van der Waals surface area contributed by atoms with Crippen LogP contribution in [0.3, 0.4) is 0 Å². The molecule has 2 aromatic rings. The van der Waals surface area contributed by atoms with Crippen LogP contribution >= 0.6 is 23.2 Å². The number of carbonyl (C=O) groups excluding carboxylic acids is 1. The van der Waals surface area contributed by atoms with Gasteiger partial charge in [0.1, 0.15) is 11.5 Å². The molecule has 0 spiro atoms. The molecular weight excluding hydrogens is 333 g/mol. The third-order valence-electron chi connectivity index (χ3n) is 3.52. The minimum atomic E-state index is 0.000733. The molecule has 2 aromatic carbocycles. The fourth-order valence-corrected chi connectivity index (χ4v) is 2.63. The summed E-state index contributed by atoms with van der Waals surface area (Å²) in [6.45, 7) is 4.33. The topological polar surface area (TPSA) is 38.3 Å². The highest BCUT2D eigenvalue weighted by Crippen LogP contribution is 2.32.